The first-order valence-electron chi connectivity index (χ1n) is 7.13. The number of aliphatic hydroxyl groups excluding tert-OH is 1. The molecule has 1 aliphatic heterocycles. The highest BCUT2D eigenvalue weighted by Gasteiger charge is 2.26. The standard InChI is InChI=1S/C13H22N4O/c18-9-10-4-3-5-11(10)14-8-13-16-15-12-6-1-2-7-17(12)13/h10-11,14,18H,1-9H2. The lowest BCUT2D eigenvalue weighted by Crippen LogP contribution is -2.34. The second kappa shape index (κ2) is 5.36. The van der Waals surface area contributed by atoms with Crippen molar-refractivity contribution in [3.63, 3.8) is 0 Å². The maximum Gasteiger partial charge on any atom is 0.147 e. The molecule has 2 unspecified atom stereocenters. The molecule has 1 aliphatic carbocycles. The van der Waals surface area contributed by atoms with Crippen molar-refractivity contribution in [3.8, 4) is 0 Å². The maximum absolute atomic E-state index is 9.31. The second-order valence-corrected chi connectivity index (χ2v) is 5.50. The highest BCUT2D eigenvalue weighted by Crippen LogP contribution is 2.25. The first-order valence-corrected chi connectivity index (χ1v) is 7.13. The molecule has 2 N–H and O–H groups in total. The van der Waals surface area contributed by atoms with Gasteiger partial charge in [-0.25, -0.2) is 0 Å². The van der Waals surface area contributed by atoms with E-state index in [1.165, 1.54) is 25.7 Å². The van der Waals surface area contributed by atoms with Gasteiger partial charge in [0.15, 0.2) is 0 Å². The Morgan fingerprint density at radius 3 is 3.06 bits per heavy atom. The molecule has 0 spiro atoms. The molecule has 0 amide bonds. The lowest BCUT2D eigenvalue weighted by atomic mass is 10.1. The number of hydrogen-bond donors (Lipinski definition) is 2. The highest BCUT2D eigenvalue weighted by molar-refractivity contribution is 4.99. The lowest BCUT2D eigenvalue weighted by molar-refractivity contribution is 0.204. The van der Waals surface area contributed by atoms with E-state index in [0.29, 0.717) is 18.6 Å². The van der Waals surface area contributed by atoms with Gasteiger partial charge in [-0.3, -0.25) is 0 Å². The molecule has 0 saturated heterocycles. The minimum absolute atomic E-state index is 0.301. The van der Waals surface area contributed by atoms with Crippen molar-refractivity contribution in [2.24, 2.45) is 5.92 Å². The van der Waals surface area contributed by atoms with Crippen LogP contribution in [0.15, 0.2) is 0 Å². The molecular weight excluding hydrogens is 228 g/mol. The van der Waals surface area contributed by atoms with Crippen LogP contribution in [0.1, 0.15) is 43.8 Å². The molecule has 1 fully saturated rings. The van der Waals surface area contributed by atoms with Crippen molar-refractivity contribution in [3.05, 3.63) is 11.6 Å². The second-order valence-electron chi connectivity index (χ2n) is 5.50. The minimum atomic E-state index is 0.301. The largest absolute Gasteiger partial charge is 0.396 e. The summed E-state index contributed by atoms with van der Waals surface area (Å²) in [4.78, 5) is 0. The lowest BCUT2D eigenvalue weighted by Gasteiger charge is -2.20. The summed E-state index contributed by atoms with van der Waals surface area (Å²) in [6.45, 7) is 2.15. The average molecular weight is 250 g/mol. The Balaban J connectivity index is 1.61. The van der Waals surface area contributed by atoms with Gasteiger partial charge < -0.3 is 15.0 Å². The zero-order valence-electron chi connectivity index (χ0n) is 10.8. The summed E-state index contributed by atoms with van der Waals surface area (Å²) in [6, 6.07) is 0.451. The predicted molar refractivity (Wildman–Crippen MR) is 68.0 cm³/mol. The highest BCUT2D eigenvalue weighted by atomic mass is 16.3. The molecule has 0 bridgehead atoms. The van der Waals surface area contributed by atoms with Crippen LogP contribution in [-0.4, -0.2) is 32.5 Å². The van der Waals surface area contributed by atoms with Crippen LogP contribution >= 0.6 is 0 Å². The summed E-state index contributed by atoms with van der Waals surface area (Å²) < 4.78 is 2.26. The van der Waals surface area contributed by atoms with E-state index >= 15 is 0 Å². The Morgan fingerprint density at radius 1 is 1.22 bits per heavy atom. The molecule has 1 aromatic heterocycles. The van der Waals surface area contributed by atoms with E-state index in [1.807, 2.05) is 0 Å². The summed E-state index contributed by atoms with van der Waals surface area (Å²) in [5.41, 5.74) is 0. The third-order valence-corrected chi connectivity index (χ3v) is 4.35. The number of nitrogens with zero attached hydrogens (tertiary/aromatic N) is 3. The first kappa shape index (κ1) is 12.1. The van der Waals surface area contributed by atoms with Crippen LogP contribution < -0.4 is 5.32 Å². The van der Waals surface area contributed by atoms with Crippen molar-refractivity contribution in [1.82, 2.24) is 20.1 Å². The topological polar surface area (TPSA) is 63.0 Å². The van der Waals surface area contributed by atoms with Gasteiger partial charge in [0.2, 0.25) is 0 Å². The van der Waals surface area contributed by atoms with E-state index in [1.54, 1.807) is 0 Å². The van der Waals surface area contributed by atoms with Crippen molar-refractivity contribution < 1.29 is 5.11 Å². The maximum atomic E-state index is 9.31. The fourth-order valence-corrected chi connectivity index (χ4v) is 3.25. The number of nitrogens with one attached hydrogen (secondary N) is 1. The van der Waals surface area contributed by atoms with E-state index in [-0.39, 0.29) is 0 Å². The Bertz CT molecular complexity index is 404. The van der Waals surface area contributed by atoms with E-state index in [2.05, 4.69) is 20.1 Å². The van der Waals surface area contributed by atoms with Gasteiger partial charge in [0.25, 0.3) is 0 Å². The molecule has 5 nitrogen and oxygen atoms in total. The van der Waals surface area contributed by atoms with Gasteiger partial charge in [-0.2, -0.15) is 0 Å². The summed E-state index contributed by atoms with van der Waals surface area (Å²) in [7, 11) is 0. The summed E-state index contributed by atoms with van der Waals surface area (Å²) in [5, 5.41) is 21.4. The Kier molecular flexibility index (Phi) is 3.61. The van der Waals surface area contributed by atoms with Gasteiger partial charge in [0, 0.05) is 25.6 Å². The fourth-order valence-electron chi connectivity index (χ4n) is 3.25. The van der Waals surface area contributed by atoms with Gasteiger partial charge in [-0.05, 0) is 31.6 Å². The molecule has 5 heteroatoms. The quantitative estimate of drug-likeness (QED) is 0.832. The van der Waals surface area contributed by atoms with Gasteiger partial charge in [0.05, 0.1) is 6.54 Å². The van der Waals surface area contributed by atoms with E-state index in [9.17, 15) is 5.11 Å². The molecule has 0 aromatic carbocycles. The molecule has 100 valence electrons. The summed E-state index contributed by atoms with van der Waals surface area (Å²) >= 11 is 0. The summed E-state index contributed by atoms with van der Waals surface area (Å²) in [6.07, 6.45) is 7.08. The molecule has 18 heavy (non-hydrogen) atoms. The zero-order chi connectivity index (χ0) is 12.4. The average Bonchev–Trinajstić information content (AvgIpc) is 3.02. The number of hydrogen-bond acceptors (Lipinski definition) is 4. The molecule has 3 rings (SSSR count). The number of fused-ring (bicyclic) bond motifs is 1. The van der Waals surface area contributed by atoms with Crippen molar-refractivity contribution in [2.45, 2.75) is 57.7 Å². The summed E-state index contributed by atoms with van der Waals surface area (Å²) in [5.74, 6) is 2.63. The van der Waals surface area contributed by atoms with E-state index in [0.717, 1.165) is 37.6 Å². The minimum Gasteiger partial charge on any atom is -0.396 e. The molecule has 2 aliphatic rings. The predicted octanol–water partition coefficient (Wildman–Crippen LogP) is 0.865. The van der Waals surface area contributed by atoms with Crippen LogP contribution in [0, 0.1) is 5.92 Å². The van der Waals surface area contributed by atoms with E-state index < -0.39 is 0 Å². The molecular formula is C13H22N4O. The molecule has 1 saturated carbocycles. The van der Waals surface area contributed by atoms with Crippen LogP contribution in [0.4, 0.5) is 0 Å². The first-order chi connectivity index (χ1) is 8.88. The number of rotatable bonds is 4. The SMILES string of the molecule is OCC1CCCC1NCc1nnc2n1CCCC2. The van der Waals surface area contributed by atoms with Crippen molar-refractivity contribution >= 4 is 0 Å². The molecule has 1 aromatic rings. The van der Waals surface area contributed by atoms with E-state index in [4.69, 9.17) is 0 Å². The Hall–Kier alpha value is -0.940. The van der Waals surface area contributed by atoms with Gasteiger partial charge in [0.1, 0.15) is 11.6 Å². The van der Waals surface area contributed by atoms with Crippen molar-refractivity contribution in [1.29, 1.82) is 0 Å². The molecule has 0 radical (unpaired) electrons. The smallest absolute Gasteiger partial charge is 0.147 e. The Labute approximate surface area is 108 Å². The van der Waals surface area contributed by atoms with Crippen LogP contribution in [0.2, 0.25) is 0 Å². The molecule has 2 heterocycles. The van der Waals surface area contributed by atoms with Crippen LogP contribution in [-0.2, 0) is 19.5 Å². The number of aliphatic hydroxyl groups is 1. The van der Waals surface area contributed by atoms with Gasteiger partial charge in [-0.15, -0.1) is 10.2 Å². The van der Waals surface area contributed by atoms with Gasteiger partial charge >= 0.3 is 0 Å². The monoisotopic (exact) mass is 250 g/mol. The fraction of sp³-hybridized carbons (Fsp3) is 0.846. The third-order valence-electron chi connectivity index (χ3n) is 4.35. The zero-order valence-corrected chi connectivity index (χ0v) is 10.8. The van der Waals surface area contributed by atoms with Gasteiger partial charge in [-0.1, -0.05) is 6.42 Å². The van der Waals surface area contributed by atoms with Crippen LogP contribution in [0.3, 0.4) is 0 Å². The van der Waals surface area contributed by atoms with Crippen molar-refractivity contribution in [2.75, 3.05) is 6.61 Å². The Morgan fingerprint density at radius 2 is 2.17 bits per heavy atom. The number of aryl methyl sites for hydroxylation is 1. The normalized spacial score (nSPS) is 27.4. The van der Waals surface area contributed by atoms with Crippen LogP contribution in [0.5, 0.6) is 0 Å². The third kappa shape index (κ3) is 2.29. The number of aromatic nitrogens is 3. The molecule has 2 atom stereocenters. The van der Waals surface area contributed by atoms with Crippen LogP contribution in [0.25, 0.3) is 0 Å².